The Morgan fingerprint density at radius 3 is 2.82 bits per heavy atom. The zero-order valence-corrected chi connectivity index (χ0v) is 17.5. The molecule has 0 radical (unpaired) electrons. The van der Waals surface area contributed by atoms with Crippen molar-refractivity contribution in [1.82, 2.24) is 0 Å². The van der Waals surface area contributed by atoms with Crippen LogP contribution in [0.1, 0.15) is 48.3 Å². The van der Waals surface area contributed by atoms with Gasteiger partial charge in [0, 0.05) is 16.2 Å². The van der Waals surface area contributed by atoms with Crippen molar-refractivity contribution in [3.8, 4) is 5.75 Å². The van der Waals surface area contributed by atoms with E-state index < -0.39 is 0 Å². The van der Waals surface area contributed by atoms with Crippen molar-refractivity contribution in [2.24, 2.45) is 11.7 Å². The number of aliphatic hydroxyl groups excluding tert-OH is 1. The molecule has 2 aromatic carbocycles. The molecule has 2 aliphatic rings. The van der Waals surface area contributed by atoms with Gasteiger partial charge in [-0.05, 0) is 79.2 Å². The van der Waals surface area contributed by atoms with Crippen molar-refractivity contribution >= 4 is 11.8 Å². The van der Waals surface area contributed by atoms with E-state index in [0.717, 1.165) is 30.8 Å². The van der Waals surface area contributed by atoms with Gasteiger partial charge in [0.25, 0.3) is 0 Å². The van der Waals surface area contributed by atoms with E-state index in [2.05, 4.69) is 30.3 Å². The number of ether oxygens (including phenoxy) is 1. The molecule has 0 amide bonds. The van der Waals surface area contributed by atoms with E-state index >= 15 is 0 Å². The quantitative estimate of drug-likeness (QED) is 0.702. The highest BCUT2D eigenvalue weighted by atomic mass is 32.2. The van der Waals surface area contributed by atoms with Crippen LogP contribution in [0.3, 0.4) is 0 Å². The Balaban J connectivity index is 1.38. The maximum atomic E-state index is 9.54. The maximum absolute atomic E-state index is 9.54. The number of hydrogen-bond donors (Lipinski definition) is 2. The standard InChI is InChI=1S/C24H31NO2S/c1-27-22-4-2-3-5-23(22)28-15-17-6-7-19-13-20(9-8-18(19)12-17)21-10-11-24(25,14-21)16-26/h2-5,8-9,13,17,21,26H,6-7,10-12,14-16,25H2,1H3/t17-,21+,24-/m1/s1. The van der Waals surface area contributed by atoms with E-state index in [1.54, 1.807) is 7.11 Å². The fourth-order valence-corrected chi connectivity index (χ4v) is 5.95. The summed E-state index contributed by atoms with van der Waals surface area (Å²) in [5.74, 6) is 3.33. The second-order valence-electron chi connectivity index (χ2n) is 8.56. The lowest BCUT2D eigenvalue weighted by atomic mass is 9.82. The Morgan fingerprint density at radius 2 is 2.04 bits per heavy atom. The highest BCUT2D eigenvalue weighted by Gasteiger charge is 2.36. The van der Waals surface area contributed by atoms with Gasteiger partial charge in [0.15, 0.2) is 0 Å². The van der Waals surface area contributed by atoms with Gasteiger partial charge in [-0.15, -0.1) is 11.8 Å². The van der Waals surface area contributed by atoms with Crippen LogP contribution in [0.15, 0.2) is 47.4 Å². The lowest BCUT2D eigenvalue weighted by molar-refractivity contribution is 0.198. The molecule has 4 rings (SSSR count). The smallest absolute Gasteiger partial charge is 0.132 e. The van der Waals surface area contributed by atoms with Crippen molar-refractivity contribution in [3.63, 3.8) is 0 Å². The first-order chi connectivity index (χ1) is 13.6. The summed E-state index contributed by atoms with van der Waals surface area (Å²) in [4.78, 5) is 1.24. The van der Waals surface area contributed by atoms with Gasteiger partial charge < -0.3 is 15.6 Å². The molecule has 2 aromatic rings. The second-order valence-corrected chi connectivity index (χ2v) is 9.62. The molecule has 0 saturated heterocycles. The third kappa shape index (κ3) is 4.24. The van der Waals surface area contributed by atoms with E-state index in [1.807, 2.05) is 23.9 Å². The largest absolute Gasteiger partial charge is 0.496 e. The number of para-hydroxylation sites is 1. The lowest BCUT2D eigenvalue weighted by Crippen LogP contribution is -2.40. The Morgan fingerprint density at radius 1 is 1.18 bits per heavy atom. The summed E-state index contributed by atoms with van der Waals surface area (Å²) in [6, 6.07) is 15.4. The van der Waals surface area contributed by atoms with Crippen molar-refractivity contribution in [1.29, 1.82) is 0 Å². The number of aryl methyl sites for hydroxylation is 1. The summed E-state index contributed by atoms with van der Waals surface area (Å²) in [7, 11) is 1.74. The molecule has 1 fully saturated rings. The molecule has 0 aromatic heterocycles. The Bertz CT molecular complexity index is 824. The number of aliphatic hydroxyl groups is 1. The zero-order chi connectivity index (χ0) is 19.6. The van der Waals surface area contributed by atoms with E-state index in [0.29, 0.717) is 11.8 Å². The monoisotopic (exact) mass is 397 g/mol. The molecule has 4 heteroatoms. The van der Waals surface area contributed by atoms with Crippen LogP contribution in [0.5, 0.6) is 5.75 Å². The predicted molar refractivity (Wildman–Crippen MR) is 116 cm³/mol. The summed E-state index contributed by atoms with van der Waals surface area (Å²) in [6.07, 6.45) is 6.50. The first-order valence-electron chi connectivity index (χ1n) is 10.4. The van der Waals surface area contributed by atoms with E-state index in [1.165, 1.54) is 40.8 Å². The van der Waals surface area contributed by atoms with Gasteiger partial charge in [-0.25, -0.2) is 0 Å². The van der Waals surface area contributed by atoms with E-state index in [-0.39, 0.29) is 12.1 Å². The first-order valence-corrected chi connectivity index (χ1v) is 11.4. The highest BCUT2D eigenvalue weighted by Crippen LogP contribution is 2.41. The summed E-state index contributed by atoms with van der Waals surface area (Å²) in [5.41, 5.74) is 10.4. The van der Waals surface area contributed by atoms with Crippen molar-refractivity contribution in [3.05, 3.63) is 59.2 Å². The molecule has 150 valence electrons. The van der Waals surface area contributed by atoms with Crippen LogP contribution in [0, 0.1) is 5.92 Å². The van der Waals surface area contributed by atoms with E-state index in [9.17, 15) is 5.11 Å². The molecule has 1 saturated carbocycles. The number of hydrogen-bond acceptors (Lipinski definition) is 4. The summed E-state index contributed by atoms with van der Waals surface area (Å²) in [5, 5.41) is 9.54. The molecule has 3 nitrogen and oxygen atoms in total. The molecule has 3 atom stereocenters. The fraction of sp³-hybridized carbons (Fsp3) is 0.500. The van der Waals surface area contributed by atoms with Crippen LogP contribution in [-0.2, 0) is 12.8 Å². The molecule has 0 spiro atoms. The minimum atomic E-state index is -0.374. The van der Waals surface area contributed by atoms with Crippen LogP contribution in [0.4, 0.5) is 0 Å². The summed E-state index contributed by atoms with van der Waals surface area (Å²) in [6.45, 7) is 0.0972. The minimum absolute atomic E-state index is 0.0972. The average molecular weight is 398 g/mol. The Kier molecular flexibility index (Phi) is 6.00. The number of fused-ring (bicyclic) bond motifs is 1. The summed E-state index contributed by atoms with van der Waals surface area (Å²) >= 11 is 1.92. The molecule has 0 bridgehead atoms. The number of benzene rings is 2. The third-order valence-electron chi connectivity index (χ3n) is 6.53. The van der Waals surface area contributed by atoms with Crippen LogP contribution in [-0.4, -0.2) is 30.1 Å². The van der Waals surface area contributed by atoms with Crippen LogP contribution < -0.4 is 10.5 Å². The average Bonchev–Trinajstić information content (AvgIpc) is 3.14. The first kappa shape index (κ1) is 19.8. The molecule has 0 unspecified atom stereocenters. The van der Waals surface area contributed by atoms with Gasteiger partial charge in [0.1, 0.15) is 5.75 Å². The highest BCUT2D eigenvalue weighted by molar-refractivity contribution is 7.99. The molecule has 28 heavy (non-hydrogen) atoms. The van der Waals surface area contributed by atoms with Gasteiger partial charge >= 0.3 is 0 Å². The van der Waals surface area contributed by atoms with Gasteiger partial charge in [-0.3, -0.25) is 0 Å². The van der Waals surface area contributed by atoms with Gasteiger partial charge in [0.05, 0.1) is 13.7 Å². The number of nitrogens with two attached hydrogens (primary N) is 1. The number of thioether (sulfide) groups is 1. The molecule has 0 heterocycles. The van der Waals surface area contributed by atoms with Crippen LogP contribution in [0.2, 0.25) is 0 Å². The number of methoxy groups -OCH3 is 1. The van der Waals surface area contributed by atoms with Gasteiger partial charge in [-0.2, -0.15) is 0 Å². The molecular weight excluding hydrogens is 366 g/mol. The zero-order valence-electron chi connectivity index (χ0n) is 16.7. The second kappa shape index (κ2) is 8.48. The van der Waals surface area contributed by atoms with Gasteiger partial charge in [-0.1, -0.05) is 30.3 Å². The number of rotatable bonds is 6. The molecule has 3 N–H and O–H groups in total. The SMILES string of the molecule is COc1ccccc1SC[C@@H]1CCc2cc([C@H]3CC[C@](N)(CO)C3)ccc2C1. The minimum Gasteiger partial charge on any atom is -0.496 e. The lowest BCUT2D eigenvalue weighted by Gasteiger charge is -2.26. The van der Waals surface area contributed by atoms with Crippen molar-refractivity contribution < 1.29 is 9.84 Å². The molecule has 0 aliphatic heterocycles. The third-order valence-corrected chi connectivity index (χ3v) is 7.82. The summed E-state index contributed by atoms with van der Waals surface area (Å²) < 4.78 is 5.48. The Hall–Kier alpha value is -1.49. The Labute approximate surface area is 172 Å². The van der Waals surface area contributed by atoms with Crippen molar-refractivity contribution in [2.75, 3.05) is 19.5 Å². The topological polar surface area (TPSA) is 55.5 Å². The van der Waals surface area contributed by atoms with Crippen molar-refractivity contribution in [2.45, 2.75) is 54.9 Å². The molecular formula is C24H31NO2S. The fourth-order valence-electron chi connectivity index (χ4n) is 4.78. The van der Waals surface area contributed by atoms with E-state index in [4.69, 9.17) is 10.5 Å². The maximum Gasteiger partial charge on any atom is 0.132 e. The molecule has 2 aliphatic carbocycles. The van der Waals surface area contributed by atoms with Gasteiger partial charge in [0.2, 0.25) is 0 Å². The van der Waals surface area contributed by atoms with Crippen LogP contribution >= 0.6 is 11.8 Å². The van der Waals surface area contributed by atoms with Crippen LogP contribution in [0.25, 0.3) is 0 Å². The predicted octanol–water partition coefficient (Wildman–Crippen LogP) is 4.55. The normalized spacial score (nSPS) is 26.8.